The molecule has 2 rings (SSSR count). The number of aliphatic hydroxyl groups is 1. The quantitative estimate of drug-likeness (QED) is 0.857. The lowest BCUT2D eigenvalue weighted by Gasteiger charge is -2.06. The smallest absolute Gasteiger partial charge is 0.119 e. The largest absolute Gasteiger partial charge is 0.497 e. The van der Waals surface area contributed by atoms with Crippen LogP contribution in [0.5, 0.6) is 5.75 Å². The minimum Gasteiger partial charge on any atom is -0.497 e. The number of benzene rings is 2. The summed E-state index contributed by atoms with van der Waals surface area (Å²) >= 11 is 0. The van der Waals surface area contributed by atoms with Gasteiger partial charge in [-0.3, -0.25) is 0 Å². The van der Waals surface area contributed by atoms with Crippen molar-refractivity contribution >= 4 is 0 Å². The van der Waals surface area contributed by atoms with Crippen LogP contribution in [0.15, 0.2) is 48.5 Å². The van der Waals surface area contributed by atoms with Gasteiger partial charge in [-0.25, -0.2) is 0 Å². The van der Waals surface area contributed by atoms with Crippen molar-refractivity contribution in [2.45, 2.75) is 13.2 Å². The third kappa shape index (κ3) is 4.96. The van der Waals surface area contributed by atoms with Gasteiger partial charge in [0, 0.05) is 5.56 Å². The van der Waals surface area contributed by atoms with Gasteiger partial charge in [-0.05, 0) is 35.4 Å². The van der Waals surface area contributed by atoms with Gasteiger partial charge in [0.2, 0.25) is 0 Å². The van der Waals surface area contributed by atoms with Crippen LogP contribution in [0.4, 0.5) is 0 Å². The second-order valence-electron chi connectivity index (χ2n) is 4.50. The Morgan fingerprint density at radius 3 is 2.43 bits per heavy atom. The number of aliphatic hydroxyl groups excluding tert-OH is 1. The van der Waals surface area contributed by atoms with Crippen LogP contribution < -0.4 is 4.74 Å². The first-order valence-corrected chi connectivity index (χ1v) is 6.71. The van der Waals surface area contributed by atoms with E-state index in [-0.39, 0.29) is 6.61 Å². The Bertz CT molecular complexity index is 638. The average Bonchev–Trinajstić information content (AvgIpc) is 2.53. The zero-order valence-corrected chi connectivity index (χ0v) is 12.0. The molecule has 0 unspecified atom stereocenters. The molecule has 0 aromatic heterocycles. The molecule has 1 N–H and O–H groups in total. The Morgan fingerprint density at radius 2 is 1.71 bits per heavy atom. The molecule has 0 saturated carbocycles. The van der Waals surface area contributed by atoms with E-state index in [0.717, 1.165) is 22.4 Å². The van der Waals surface area contributed by atoms with Gasteiger partial charge in [0.25, 0.3) is 0 Å². The fraction of sp³-hybridized carbons (Fsp3) is 0.222. The lowest BCUT2D eigenvalue weighted by atomic mass is 10.1. The van der Waals surface area contributed by atoms with Gasteiger partial charge in [-0.1, -0.05) is 36.1 Å². The summed E-state index contributed by atoms with van der Waals surface area (Å²) in [4.78, 5) is 0. The molecule has 2 aromatic carbocycles. The van der Waals surface area contributed by atoms with Gasteiger partial charge >= 0.3 is 0 Å². The normalized spacial score (nSPS) is 9.81. The van der Waals surface area contributed by atoms with Gasteiger partial charge in [0.15, 0.2) is 0 Å². The minimum absolute atomic E-state index is 0.128. The predicted octanol–water partition coefficient (Wildman–Crippen LogP) is 2.76. The fourth-order valence-corrected chi connectivity index (χ4v) is 1.93. The molecule has 0 aliphatic rings. The van der Waals surface area contributed by atoms with Crippen molar-refractivity contribution in [1.82, 2.24) is 0 Å². The van der Waals surface area contributed by atoms with E-state index in [4.69, 9.17) is 14.6 Å². The van der Waals surface area contributed by atoms with E-state index >= 15 is 0 Å². The molecule has 0 saturated heterocycles. The summed E-state index contributed by atoms with van der Waals surface area (Å²) in [6.07, 6.45) is 0. The van der Waals surface area contributed by atoms with E-state index in [9.17, 15) is 0 Å². The molecule has 0 amide bonds. The maximum Gasteiger partial charge on any atom is 0.119 e. The zero-order chi connectivity index (χ0) is 14.9. The highest BCUT2D eigenvalue weighted by Gasteiger charge is 1.98. The standard InChI is InChI=1S/C18H18O3/c1-20-18-9-3-7-17(12-18)14-21-13-16-6-2-5-15(11-16)8-4-10-19/h2-3,5-7,9,11-12,19H,10,13-14H2,1H3. The SMILES string of the molecule is COc1cccc(COCc2cccc(C#CCO)c2)c1. The Kier molecular flexibility index (Phi) is 5.83. The van der Waals surface area contributed by atoms with Crippen LogP contribution in [-0.2, 0) is 18.0 Å². The lowest BCUT2D eigenvalue weighted by Crippen LogP contribution is -1.95. The van der Waals surface area contributed by atoms with E-state index in [1.54, 1.807) is 7.11 Å². The molecule has 3 nitrogen and oxygen atoms in total. The number of hydrogen-bond acceptors (Lipinski definition) is 3. The molecule has 2 aromatic rings. The maximum absolute atomic E-state index is 8.70. The molecule has 0 fully saturated rings. The van der Waals surface area contributed by atoms with Crippen molar-refractivity contribution in [1.29, 1.82) is 0 Å². The van der Waals surface area contributed by atoms with E-state index in [1.165, 1.54) is 0 Å². The van der Waals surface area contributed by atoms with Crippen LogP contribution in [0, 0.1) is 11.8 Å². The highest BCUT2D eigenvalue weighted by Crippen LogP contribution is 2.14. The lowest BCUT2D eigenvalue weighted by molar-refractivity contribution is 0.107. The highest BCUT2D eigenvalue weighted by molar-refractivity contribution is 5.37. The first-order chi connectivity index (χ1) is 10.3. The molecule has 0 radical (unpaired) electrons. The fourth-order valence-electron chi connectivity index (χ4n) is 1.93. The Labute approximate surface area is 125 Å². The summed E-state index contributed by atoms with van der Waals surface area (Å²) in [6, 6.07) is 15.6. The molecule has 0 aliphatic heterocycles. The molecule has 0 heterocycles. The molecular weight excluding hydrogens is 264 g/mol. The first kappa shape index (κ1) is 15.1. The summed E-state index contributed by atoms with van der Waals surface area (Å²) < 4.78 is 10.9. The third-order valence-corrected chi connectivity index (χ3v) is 2.91. The molecular formula is C18H18O3. The van der Waals surface area contributed by atoms with Crippen molar-refractivity contribution in [3.05, 3.63) is 65.2 Å². The monoisotopic (exact) mass is 282 g/mol. The molecule has 108 valence electrons. The number of hydrogen-bond donors (Lipinski definition) is 1. The van der Waals surface area contributed by atoms with Crippen LogP contribution in [0.1, 0.15) is 16.7 Å². The molecule has 0 aliphatic carbocycles. The Hall–Kier alpha value is -2.28. The second kappa shape index (κ2) is 8.11. The molecule has 0 atom stereocenters. The average molecular weight is 282 g/mol. The van der Waals surface area contributed by atoms with E-state index < -0.39 is 0 Å². The van der Waals surface area contributed by atoms with Gasteiger partial charge in [0.05, 0.1) is 20.3 Å². The van der Waals surface area contributed by atoms with Crippen LogP contribution in [0.2, 0.25) is 0 Å². The Balaban J connectivity index is 1.91. The number of methoxy groups -OCH3 is 1. The van der Waals surface area contributed by atoms with Gasteiger partial charge in [-0.15, -0.1) is 0 Å². The van der Waals surface area contributed by atoms with Crippen LogP contribution in [0.3, 0.4) is 0 Å². The van der Waals surface area contributed by atoms with Crippen LogP contribution in [-0.4, -0.2) is 18.8 Å². The van der Waals surface area contributed by atoms with E-state index in [2.05, 4.69) is 11.8 Å². The van der Waals surface area contributed by atoms with Gasteiger partial charge in [-0.2, -0.15) is 0 Å². The topological polar surface area (TPSA) is 38.7 Å². The van der Waals surface area contributed by atoms with E-state index in [0.29, 0.717) is 13.2 Å². The maximum atomic E-state index is 8.70. The van der Waals surface area contributed by atoms with Gasteiger partial charge in [0.1, 0.15) is 12.4 Å². The van der Waals surface area contributed by atoms with Crippen molar-refractivity contribution < 1.29 is 14.6 Å². The molecule has 0 spiro atoms. The predicted molar refractivity (Wildman–Crippen MR) is 81.9 cm³/mol. The Morgan fingerprint density at radius 1 is 1.00 bits per heavy atom. The zero-order valence-electron chi connectivity index (χ0n) is 12.0. The van der Waals surface area contributed by atoms with Crippen molar-refractivity contribution in [2.75, 3.05) is 13.7 Å². The number of ether oxygens (including phenoxy) is 2. The summed E-state index contributed by atoms with van der Waals surface area (Å²) in [5.41, 5.74) is 3.01. The third-order valence-electron chi connectivity index (χ3n) is 2.91. The summed E-state index contributed by atoms with van der Waals surface area (Å²) in [5, 5.41) is 8.70. The minimum atomic E-state index is -0.128. The molecule has 21 heavy (non-hydrogen) atoms. The molecule has 0 bridgehead atoms. The van der Waals surface area contributed by atoms with Crippen molar-refractivity contribution in [2.24, 2.45) is 0 Å². The van der Waals surface area contributed by atoms with Crippen molar-refractivity contribution in [3.8, 4) is 17.6 Å². The van der Waals surface area contributed by atoms with E-state index in [1.807, 2.05) is 48.5 Å². The van der Waals surface area contributed by atoms with Crippen molar-refractivity contribution in [3.63, 3.8) is 0 Å². The summed E-state index contributed by atoms with van der Waals surface area (Å²) in [7, 11) is 1.65. The van der Waals surface area contributed by atoms with Gasteiger partial charge < -0.3 is 14.6 Å². The highest BCUT2D eigenvalue weighted by atomic mass is 16.5. The number of rotatable bonds is 5. The molecule has 3 heteroatoms. The summed E-state index contributed by atoms with van der Waals surface area (Å²) in [6.45, 7) is 0.923. The summed E-state index contributed by atoms with van der Waals surface area (Å²) in [5.74, 6) is 6.35. The second-order valence-corrected chi connectivity index (χ2v) is 4.50. The van der Waals surface area contributed by atoms with Crippen LogP contribution >= 0.6 is 0 Å². The first-order valence-electron chi connectivity index (χ1n) is 6.71. The van der Waals surface area contributed by atoms with Crippen LogP contribution in [0.25, 0.3) is 0 Å².